The first-order chi connectivity index (χ1) is 5.81. The molecule has 0 spiro atoms. The zero-order valence-electron chi connectivity index (χ0n) is 6.35. The molecule has 2 aliphatic rings. The molecular formula is C6H7N3OS2. The molecule has 0 aromatic heterocycles. The second-order valence-corrected chi connectivity index (χ2v) is 4.50. The first kappa shape index (κ1) is 8.12. The van der Waals surface area contributed by atoms with Crippen LogP contribution in [0.3, 0.4) is 0 Å². The minimum atomic E-state index is -0.303. The average molecular weight is 201 g/mol. The van der Waals surface area contributed by atoms with Crippen LogP contribution < -0.4 is 5.32 Å². The first-order valence-electron chi connectivity index (χ1n) is 3.42. The van der Waals surface area contributed by atoms with Crippen molar-refractivity contribution in [3.63, 3.8) is 0 Å². The summed E-state index contributed by atoms with van der Waals surface area (Å²) >= 11 is 3.11. The van der Waals surface area contributed by atoms with Gasteiger partial charge in [-0.1, -0.05) is 11.8 Å². The summed E-state index contributed by atoms with van der Waals surface area (Å²) < 4.78 is 0.944. The van der Waals surface area contributed by atoms with E-state index in [1.54, 1.807) is 23.5 Å². The van der Waals surface area contributed by atoms with Gasteiger partial charge in [0.25, 0.3) is 5.91 Å². The lowest BCUT2D eigenvalue weighted by molar-refractivity contribution is -0.120. The van der Waals surface area contributed by atoms with E-state index in [9.17, 15) is 4.79 Å². The summed E-state index contributed by atoms with van der Waals surface area (Å²) in [5, 5.41) is 2.51. The highest BCUT2D eigenvalue weighted by molar-refractivity contribution is 8.39. The molecule has 2 rings (SSSR count). The maximum absolute atomic E-state index is 11.2. The van der Waals surface area contributed by atoms with Crippen molar-refractivity contribution in [1.29, 1.82) is 0 Å². The van der Waals surface area contributed by atoms with Gasteiger partial charge in [-0.3, -0.25) is 14.8 Å². The molecule has 1 amide bonds. The van der Waals surface area contributed by atoms with Crippen LogP contribution in [0.15, 0.2) is 9.98 Å². The minimum Gasteiger partial charge on any atom is -0.315 e. The molecule has 0 bridgehead atoms. The molecule has 0 aliphatic carbocycles. The highest BCUT2D eigenvalue weighted by Crippen LogP contribution is 2.33. The van der Waals surface area contributed by atoms with Crippen molar-refractivity contribution < 1.29 is 4.79 Å². The predicted octanol–water partition coefficient (Wildman–Crippen LogP) is 0.305. The molecule has 0 fully saturated rings. The van der Waals surface area contributed by atoms with Gasteiger partial charge in [-0.25, -0.2) is 0 Å². The van der Waals surface area contributed by atoms with Crippen LogP contribution in [-0.2, 0) is 4.79 Å². The number of rotatable bonds is 0. The third-order valence-electron chi connectivity index (χ3n) is 1.61. The van der Waals surface area contributed by atoms with Gasteiger partial charge in [0.05, 0.1) is 6.34 Å². The van der Waals surface area contributed by atoms with Gasteiger partial charge in [0.1, 0.15) is 9.75 Å². The van der Waals surface area contributed by atoms with Gasteiger partial charge in [-0.2, -0.15) is 0 Å². The SMILES string of the molecule is CSC1=NC2C(=O)NC=NC2S1. The number of fused-ring (bicyclic) bond motifs is 1. The number of hydrogen-bond donors (Lipinski definition) is 1. The largest absolute Gasteiger partial charge is 0.315 e. The molecule has 0 saturated carbocycles. The fraction of sp³-hybridized carbons (Fsp3) is 0.500. The number of carbonyl (C=O) groups is 1. The molecule has 4 nitrogen and oxygen atoms in total. The lowest BCUT2D eigenvalue weighted by Gasteiger charge is -2.15. The van der Waals surface area contributed by atoms with E-state index in [0.717, 1.165) is 4.38 Å². The Bertz CT molecular complexity index is 276. The number of aliphatic imine (C=N–C) groups is 2. The van der Waals surface area contributed by atoms with Crippen LogP contribution in [0.1, 0.15) is 0 Å². The summed E-state index contributed by atoms with van der Waals surface area (Å²) in [6.07, 6.45) is 3.40. The quantitative estimate of drug-likeness (QED) is 0.613. The van der Waals surface area contributed by atoms with Gasteiger partial charge in [0.2, 0.25) is 0 Å². The van der Waals surface area contributed by atoms with Crippen molar-refractivity contribution in [3.8, 4) is 0 Å². The molecule has 64 valence electrons. The normalized spacial score (nSPS) is 32.8. The topological polar surface area (TPSA) is 53.8 Å². The van der Waals surface area contributed by atoms with Crippen LogP contribution in [0.25, 0.3) is 0 Å². The summed E-state index contributed by atoms with van der Waals surface area (Å²) in [5.74, 6) is -0.0495. The molecule has 2 atom stereocenters. The fourth-order valence-electron chi connectivity index (χ4n) is 1.04. The van der Waals surface area contributed by atoms with Crippen LogP contribution in [-0.4, -0.2) is 34.3 Å². The van der Waals surface area contributed by atoms with Crippen LogP contribution in [0.2, 0.25) is 0 Å². The standard InChI is InChI=1S/C6H7N3OS2/c1-11-6-9-3-4(10)7-2-8-5(3)12-6/h2-3,5H,1H3,(H,7,8,10). The molecule has 12 heavy (non-hydrogen) atoms. The van der Waals surface area contributed by atoms with Crippen LogP contribution in [0.4, 0.5) is 0 Å². The van der Waals surface area contributed by atoms with Crippen LogP contribution in [0.5, 0.6) is 0 Å². The maximum Gasteiger partial charge on any atom is 0.253 e. The van der Waals surface area contributed by atoms with Crippen molar-refractivity contribution in [2.75, 3.05) is 6.26 Å². The molecule has 1 N–H and O–H groups in total. The Kier molecular flexibility index (Phi) is 2.10. The third-order valence-corrected chi connectivity index (χ3v) is 3.78. The van der Waals surface area contributed by atoms with Gasteiger partial charge in [-0.15, -0.1) is 11.8 Å². The number of nitrogens with one attached hydrogen (secondary N) is 1. The molecular weight excluding hydrogens is 194 g/mol. The summed E-state index contributed by atoms with van der Waals surface area (Å²) in [6, 6.07) is -0.303. The van der Waals surface area contributed by atoms with Gasteiger partial charge in [0.15, 0.2) is 6.04 Å². The van der Waals surface area contributed by atoms with E-state index < -0.39 is 0 Å². The lowest BCUT2D eigenvalue weighted by Crippen LogP contribution is -2.41. The van der Waals surface area contributed by atoms with Gasteiger partial charge in [-0.05, 0) is 6.26 Å². The number of amides is 1. The molecule has 2 unspecified atom stereocenters. The van der Waals surface area contributed by atoms with E-state index in [4.69, 9.17) is 0 Å². The van der Waals surface area contributed by atoms with Crippen molar-refractivity contribution in [2.24, 2.45) is 9.98 Å². The van der Waals surface area contributed by atoms with Crippen LogP contribution in [0, 0.1) is 0 Å². The number of thioether (sulfide) groups is 2. The lowest BCUT2D eigenvalue weighted by atomic mass is 10.3. The zero-order valence-corrected chi connectivity index (χ0v) is 7.98. The van der Waals surface area contributed by atoms with Crippen molar-refractivity contribution >= 4 is 40.1 Å². The molecule has 2 aliphatic heterocycles. The van der Waals surface area contributed by atoms with Gasteiger partial charge < -0.3 is 5.32 Å². The molecule has 0 saturated heterocycles. The summed E-state index contributed by atoms with van der Waals surface area (Å²) in [5.41, 5.74) is 0. The highest BCUT2D eigenvalue weighted by atomic mass is 32.2. The number of hydrogen-bond acceptors (Lipinski definition) is 5. The van der Waals surface area contributed by atoms with E-state index in [0.29, 0.717) is 0 Å². The van der Waals surface area contributed by atoms with E-state index in [2.05, 4.69) is 15.3 Å². The van der Waals surface area contributed by atoms with E-state index >= 15 is 0 Å². The molecule has 6 heteroatoms. The Morgan fingerprint density at radius 1 is 1.75 bits per heavy atom. The Morgan fingerprint density at radius 3 is 3.25 bits per heavy atom. The smallest absolute Gasteiger partial charge is 0.253 e. The fourth-order valence-corrected chi connectivity index (χ4v) is 2.75. The molecule has 0 radical (unpaired) electrons. The van der Waals surface area contributed by atoms with E-state index in [1.807, 2.05) is 6.26 Å². The van der Waals surface area contributed by atoms with Gasteiger partial charge in [0, 0.05) is 0 Å². The second kappa shape index (κ2) is 3.10. The minimum absolute atomic E-state index is 0.0267. The Labute approximate surface area is 78.3 Å². The molecule has 2 heterocycles. The third kappa shape index (κ3) is 1.25. The monoisotopic (exact) mass is 201 g/mol. The van der Waals surface area contributed by atoms with Crippen LogP contribution >= 0.6 is 23.5 Å². The summed E-state index contributed by atoms with van der Waals surface area (Å²) in [6.45, 7) is 0. The Balaban J connectivity index is 2.22. The van der Waals surface area contributed by atoms with E-state index in [-0.39, 0.29) is 17.3 Å². The summed E-state index contributed by atoms with van der Waals surface area (Å²) in [7, 11) is 0. The zero-order chi connectivity index (χ0) is 8.55. The summed E-state index contributed by atoms with van der Waals surface area (Å²) in [4.78, 5) is 19.5. The Hall–Kier alpha value is -0.490. The van der Waals surface area contributed by atoms with Gasteiger partial charge >= 0.3 is 0 Å². The first-order valence-corrected chi connectivity index (χ1v) is 5.52. The second-order valence-electron chi connectivity index (χ2n) is 2.34. The molecule has 0 aromatic rings. The Morgan fingerprint density at radius 2 is 2.58 bits per heavy atom. The highest BCUT2D eigenvalue weighted by Gasteiger charge is 2.36. The predicted molar refractivity (Wildman–Crippen MR) is 52.8 cm³/mol. The maximum atomic E-state index is 11.2. The number of carbonyl (C=O) groups excluding carboxylic acids is 1. The van der Waals surface area contributed by atoms with Crippen molar-refractivity contribution in [1.82, 2.24) is 5.32 Å². The van der Waals surface area contributed by atoms with E-state index in [1.165, 1.54) is 6.34 Å². The van der Waals surface area contributed by atoms with Crippen molar-refractivity contribution in [2.45, 2.75) is 11.4 Å². The van der Waals surface area contributed by atoms with Crippen molar-refractivity contribution in [3.05, 3.63) is 0 Å². The average Bonchev–Trinajstić information content (AvgIpc) is 2.49. The molecule has 0 aromatic carbocycles. The number of nitrogens with zero attached hydrogens (tertiary/aromatic N) is 2.